The molecule has 6 nitrogen and oxygen atoms in total. The lowest BCUT2D eigenvalue weighted by atomic mass is 9.81. The second-order valence-electron chi connectivity index (χ2n) is 8.32. The van der Waals surface area contributed by atoms with Crippen molar-refractivity contribution in [2.75, 3.05) is 7.11 Å². The predicted octanol–water partition coefficient (Wildman–Crippen LogP) is 2.23. The van der Waals surface area contributed by atoms with E-state index in [1.54, 1.807) is 7.11 Å². The third kappa shape index (κ3) is 2.58. The topological polar surface area (TPSA) is 65.1 Å². The van der Waals surface area contributed by atoms with Crippen molar-refractivity contribution in [3.63, 3.8) is 0 Å². The van der Waals surface area contributed by atoms with Gasteiger partial charge in [-0.2, -0.15) is 0 Å². The molecule has 7 heteroatoms. The van der Waals surface area contributed by atoms with Crippen molar-refractivity contribution in [3.8, 4) is 0 Å². The third-order valence-corrected chi connectivity index (χ3v) is 7.15. The molecule has 144 valence electrons. The van der Waals surface area contributed by atoms with E-state index in [9.17, 15) is 9.59 Å². The van der Waals surface area contributed by atoms with Crippen molar-refractivity contribution < 1.29 is 23.8 Å². The van der Waals surface area contributed by atoms with Gasteiger partial charge in [0.05, 0.1) is 35.0 Å². The highest BCUT2D eigenvalue weighted by Gasteiger charge is 2.62. The van der Waals surface area contributed by atoms with Gasteiger partial charge in [0.25, 0.3) is 0 Å². The molecule has 4 rings (SSSR count). The molecule has 0 saturated carbocycles. The second-order valence-corrected chi connectivity index (χ2v) is 8.79. The van der Waals surface area contributed by atoms with Crippen LogP contribution in [-0.2, 0) is 23.8 Å². The average Bonchev–Trinajstić information content (AvgIpc) is 3.24. The molecular formula is C19H27NO5S. The number of hydrogen-bond donors (Lipinski definition) is 0. The molecule has 0 aromatic heterocycles. The summed E-state index contributed by atoms with van der Waals surface area (Å²) in [5.41, 5.74) is -0.658. The van der Waals surface area contributed by atoms with Gasteiger partial charge in [-0.3, -0.25) is 9.59 Å². The van der Waals surface area contributed by atoms with Crippen LogP contribution >= 0.6 is 12.2 Å². The van der Waals surface area contributed by atoms with Gasteiger partial charge in [-0.1, -0.05) is 26.1 Å². The van der Waals surface area contributed by atoms with Crippen LogP contribution in [0.2, 0.25) is 0 Å². The first-order valence-corrected chi connectivity index (χ1v) is 10.1. The Bertz CT molecular complexity index is 639. The molecule has 4 aliphatic heterocycles. The van der Waals surface area contributed by atoms with E-state index in [2.05, 4.69) is 4.90 Å². The molecule has 26 heavy (non-hydrogen) atoms. The lowest BCUT2D eigenvalue weighted by Gasteiger charge is -2.43. The van der Waals surface area contributed by atoms with E-state index < -0.39 is 5.60 Å². The number of nitrogens with zero attached hydrogens (tertiary/aromatic N) is 1. The summed E-state index contributed by atoms with van der Waals surface area (Å²) in [6.07, 6.45) is 4.32. The molecule has 4 saturated heterocycles. The molecule has 0 N–H and O–H groups in total. The maximum absolute atomic E-state index is 12.3. The second kappa shape index (κ2) is 6.44. The van der Waals surface area contributed by atoms with Gasteiger partial charge in [0.1, 0.15) is 6.10 Å². The van der Waals surface area contributed by atoms with E-state index in [0.717, 1.165) is 37.1 Å². The Morgan fingerprint density at radius 1 is 1.15 bits per heavy atom. The Balaban J connectivity index is 1.68. The van der Waals surface area contributed by atoms with Gasteiger partial charge in [-0.15, -0.1) is 0 Å². The molecule has 0 unspecified atom stereocenters. The standard InChI is InChI=1S/C19H27NO5S/c1-10-8-13(24-17(10)21)12-4-5-14-19(9-11(2)18(22)25-19)15(23-3)6-7-16(26)20(12)14/h10-15H,4-9H2,1-3H3/t10-,11+,12+,13-,14+,15-,19+/m1/s1. The Morgan fingerprint density at radius 2 is 1.92 bits per heavy atom. The first kappa shape index (κ1) is 18.2. The van der Waals surface area contributed by atoms with E-state index in [0.29, 0.717) is 6.42 Å². The van der Waals surface area contributed by atoms with Gasteiger partial charge in [0, 0.05) is 20.0 Å². The fourth-order valence-corrected chi connectivity index (χ4v) is 5.87. The van der Waals surface area contributed by atoms with Gasteiger partial charge in [-0.25, -0.2) is 0 Å². The lowest BCUT2D eigenvalue weighted by molar-refractivity contribution is -0.170. The van der Waals surface area contributed by atoms with Crippen molar-refractivity contribution in [2.24, 2.45) is 11.8 Å². The van der Waals surface area contributed by atoms with Crippen LogP contribution in [0.3, 0.4) is 0 Å². The molecule has 4 aliphatic rings. The third-order valence-electron chi connectivity index (χ3n) is 6.73. The molecular weight excluding hydrogens is 354 g/mol. The first-order chi connectivity index (χ1) is 12.4. The zero-order chi connectivity index (χ0) is 18.6. The van der Waals surface area contributed by atoms with Gasteiger partial charge >= 0.3 is 11.9 Å². The first-order valence-electron chi connectivity index (χ1n) is 9.64. The number of carbonyl (C=O) groups excluding carboxylic acids is 2. The minimum Gasteiger partial charge on any atom is -0.460 e. The Morgan fingerprint density at radius 3 is 2.50 bits per heavy atom. The largest absolute Gasteiger partial charge is 0.460 e. The van der Waals surface area contributed by atoms with Crippen molar-refractivity contribution >= 4 is 29.1 Å². The van der Waals surface area contributed by atoms with Crippen molar-refractivity contribution in [2.45, 2.75) is 82.3 Å². The van der Waals surface area contributed by atoms with E-state index in [1.165, 1.54) is 0 Å². The number of fused-ring (bicyclic) bond motifs is 2. The number of cyclic esters (lactones) is 1. The van der Waals surface area contributed by atoms with Crippen LogP contribution in [0.4, 0.5) is 0 Å². The normalized spacial score (nSPS) is 45.7. The quantitative estimate of drug-likeness (QED) is 0.537. The minimum absolute atomic E-state index is 0.00374. The van der Waals surface area contributed by atoms with E-state index >= 15 is 0 Å². The van der Waals surface area contributed by atoms with Crippen molar-refractivity contribution in [1.82, 2.24) is 4.90 Å². The minimum atomic E-state index is -0.658. The van der Waals surface area contributed by atoms with E-state index in [4.69, 9.17) is 26.4 Å². The van der Waals surface area contributed by atoms with Crippen molar-refractivity contribution in [1.29, 1.82) is 0 Å². The molecule has 0 amide bonds. The van der Waals surface area contributed by atoms with Crippen LogP contribution in [0.5, 0.6) is 0 Å². The van der Waals surface area contributed by atoms with Crippen LogP contribution in [0, 0.1) is 11.8 Å². The molecule has 0 aromatic carbocycles. The number of rotatable bonds is 2. The van der Waals surface area contributed by atoms with Gasteiger partial charge in [0.2, 0.25) is 0 Å². The number of esters is 2. The van der Waals surface area contributed by atoms with Crippen LogP contribution in [0.25, 0.3) is 0 Å². The molecule has 0 aliphatic carbocycles. The fourth-order valence-electron chi connectivity index (χ4n) is 5.49. The zero-order valence-corrected chi connectivity index (χ0v) is 16.4. The Labute approximate surface area is 159 Å². The highest BCUT2D eigenvalue weighted by Crippen LogP contribution is 2.49. The van der Waals surface area contributed by atoms with Crippen LogP contribution in [0.15, 0.2) is 0 Å². The van der Waals surface area contributed by atoms with Crippen LogP contribution in [-0.4, -0.2) is 58.8 Å². The smallest absolute Gasteiger partial charge is 0.309 e. The molecule has 0 radical (unpaired) electrons. The molecule has 7 atom stereocenters. The van der Waals surface area contributed by atoms with Gasteiger partial charge in [-0.05, 0) is 25.7 Å². The maximum Gasteiger partial charge on any atom is 0.309 e. The number of methoxy groups -OCH3 is 1. The Hall–Kier alpha value is -1.21. The fraction of sp³-hybridized carbons (Fsp3) is 0.842. The number of ether oxygens (including phenoxy) is 3. The van der Waals surface area contributed by atoms with Gasteiger partial charge in [0.15, 0.2) is 5.60 Å². The summed E-state index contributed by atoms with van der Waals surface area (Å²) in [7, 11) is 1.69. The number of carbonyl (C=O) groups is 2. The lowest BCUT2D eigenvalue weighted by Crippen LogP contribution is -2.58. The molecule has 4 fully saturated rings. The number of thiocarbonyl (C=S) groups is 1. The predicted molar refractivity (Wildman–Crippen MR) is 97.5 cm³/mol. The monoisotopic (exact) mass is 381 g/mol. The highest BCUT2D eigenvalue weighted by atomic mass is 32.1. The van der Waals surface area contributed by atoms with Gasteiger partial charge < -0.3 is 19.1 Å². The SMILES string of the molecule is CO[C@@H]1CCC(=S)N2[C@@H](CC[C@H]2[C@H]2C[C@@H](C)C(=O)O2)[C@@]12C[C@H](C)C(=O)O2. The Kier molecular flexibility index (Phi) is 4.50. The summed E-state index contributed by atoms with van der Waals surface area (Å²) < 4.78 is 17.5. The van der Waals surface area contributed by atoms with E-state index in [1.807, 2.05) is 13.8 Å². The molecule has 0 aromatic rings. The maximum atomic E-state index is 12.3. The molecule has 0 bridgehead atoms. The summed E-state index contributed by atoms with van der Waals surface area (Å²) in [6.45, 7) is 3.84. The summed E-state index contributed by atoms with van der Waals surface area (Å²) in [5, 5.41) is 0. The summed E-state index contributed by atoms with van der Waals surface area (Å²) in [4.78, 5) is 27.4. The average molecular weight is 381 g/mol. The van der Waals surface area contributed by atoms with Crippen LogP contribution < -0.4 is 0 Å². The molecule has 1 spiro atoms. The van der Waals surface area contributed by atoms with Crippen molar-refractivity contribution in [3.05, 3.63) is 0 Å². The highest BCUT2D eigenvalue weighted by molar-refractivity contribution is 7.80. The number of hydrogen-bond acceptors (Lipinski definition) is 6. The molecule has 4 heterocycles. The van der Waals surface area contributed by atoms with Crippen LogP contribution in [0.1, 0.15) is 52.4 Å². The summed E-state index contributed by atoms with van der Waals surface area (Å²) >= 11 is 5.77. The van der Waals surface area contributed by atoms with E-state index in [-0.39, 0.29) is 48.1 Å². The summed E-state index contributed by atoms with van der Waals surface area (Å²) in [5.74, 6) is -0.470. The zero-order valence-electron chi connectivity index (χ0n) is 15.6. The summed E-state index contributed by atoms with van der Waals surface area (Å²) in [6, 6.07) is 0.0689.